The maximum Gasteiger partial charge on any atom is 0.270 e. The number of nitro benzene ring substituents is 1. The smallest absolute Gasteiger partial charge is 0.270 e. The Morgan fingerprint density at radius 3 is 2.57 bits per heavy atom. The number of amides is 1. The molecule has 0 atom stereocenters. The molecule has 1 saturated heterocycles. The summed E-state index contributed by atoms with van der Waals surface area (Å²) in [5.74, 6) is -0.141. The summed E-state index contributed by atoms with van der Waals surface area (Å²) in [6, 6.07) is 4.62. The molecule has 1 aliphatic heterocycles. The Labute approximate surface area is 130 Å². The van der Waals surface area contributed by atoms with Crippen molar-refractivity contribution >= 4 is 24.0 Å². The van der Waals surface area contributed by atoms with Gasteiger partial charge in [-0.2, -0.15) is 0 Å². The number of nitrogens with zero attached hydrogens (tertiary/aromatic N) is 2. The number of carbonyl (C=O) groups is 1. The standard InChI is InChI=1S/C14H19N3O3.ClH/c1-10-3-4-12(17(19)20)9-13(10)14(18)16(2)11-5-7-15-8-6-11;/h3-4,9,11,15H,5-8H2,1-2H3;1H. The van der Waals surface area contributed by atoms with Crippen LogP contribution < -0.4 is 5.32 Å². The molecule has 1 fully saturated rings. The highest BCUT2D eigenvalue weighted by molar-refractivity contribution is 5.96. The van der Waals surface area contributed by atoms with Crippen LogP contribution in [0, 0.1) is 17.0 Å². The van der Waals surface area contributed by atoms with Crippen molar-refractivity contribution in [1.82, 2.24) is 10.2 Å². The van der Waals surface area contributed by atoms with E-state index in [1.165, 1.54) is 12.1 Å². The summed E-state index contributed by atoms with van der Waals surface area (Å²) in [7, 11) is 1.77. The third-order valence-electron chi connectivity index (χ3n) is 3.84. The molecule has 0 radical (unpaired) electrons. The first kappa shape index (κ1) is 17.4. The molecule has 1 aromatic rings. The van der Waals surface area contributed by atoms with Crippen LogP contribution in [0.4, 0.5) is 5.69 Å². The first-order valence-corrected chi connectivity index (χ1v) is 6.73. The second kappa shape index (κ2) is 7.38. The zero-order valence-electron chi connectivity index (χ0n) is 12.2. The second-order valence-electron chi connectivity index (χ2n) is 5.15. The summed E-state index contributed by atoms with van der Waals surface area (Å²) in [5.41, 5.74) is 1.14. The van der Waals surface area contributed by atoms with E-state index in [0.29, 0.717) is 5.56 Å². The van der Waals surface area contributed by atoms with Crippen LogP contribution in [0.3, 0.4) is 0 Å². The van der Waals surface area contributed by atoms with Gasteiger partial charge in [0.05, 0.1) is 4.92 Å². The number of non-ortho nitro benzene ring substituents is 1. The molecule has 0 aromatic heterocycles. The topological polar surface area (TPSA) is 75.5 Å². The maximum atomic E-state index is 12.5. The molecule has 7 heteroatoms. The predicted octanol–water partition coefficient (Wildman–Crippen LogP) is 2.15. The molecule has 1 amide bonds. The summed E-state index contributed by atoms with van der Waals surface area (Å²) >= 11 is 0. The van der Waals surface area contributed by atoms with Gasteiger partial charge in [-0.25, -0.2) is 0 Å². The number of nitrogens with one attached hydrogen (secondary N) is 1. The molecule has 0 unspecified atom stereocenters. The van der Waals surface area contributed by atoms with Gasteiger partial charge in [-0.1, -0.05) is 6.07 Å². The van der Waals surface area contributed by atoms with Gasteiger partial charge in [0, 0.05) is 30.8 Å². The number of piperidine rings is 1. The number of carbonyl (C=O) groups excluding carboxylic acids is 1. The van der Waals surface area contributed by atoms with Gasteiger partial charge >= 0.3 is 0 Å². The van der Waals surface area contributed by atoms with Crippen LogP contribution in [0.5, 0.6) is 0 Å². The van der Waals surface area contributed by atoms with Crippen molar-refractivity contribution in [3.8, 4) is 0 Å². The molecule has 1 N–H and O–H groups in total. The summed E-state index contributed by atoms with van der Waals surface area (Å²) in [6.07, 6.45) is 1.83. The molecule has 116 valence electrons. The lowest BCUT2D eigenvalue weighted by Gasteiger charge is -2.32. The first-order chi connectivity index (χ1) is 9.50. The Balaban J connectivity index is 0.00000220. The van der Waals surface area contributed by atoms with E-state index in [1.54, 1.807) is 24.9 Å². The average molecular weight is 314 g/mol. The molecule has 21 heavy (non-hydrogen) atoms. The van der Waals surface area contributed by atoms with Gasteiger partial charge in [0.2, 0.25) is 0 Å². The fraction of sp³-hybridized carbons (Fsp3) is 0.500. The number of aryl methyl sites for hydroxylation is 1. The van der Waals surface area contributed by atoms with Gasteiger partial charge in [-0.15, -0.1) is 12.4 Å². The van der Waals surface area contributed by atoms with Crippen molar-refractivity contribution in [1.29, 1.82) is 0 Å². The molecular formula is C14H20ClN3O3. The molecule has 2 rings (SSSR count). The number of halogens is 1. The molecule has 0 bridgehead atoms. The average Bonchev–Trinajstić information content (AvgIpc) is 2.47. The minimum absolute atomic E-state index is 0. The van der Waals surface area contributed by atoms with Gasteiger partial charge in [-0.3, -0.25) is 14.9 Å². The van der Waals surface area contributed by atoms with E-state index in [-0.39, 0.29) is 30.0 Å². The van der Waals surface area contributed by atoms with Crippen LogP contribution in [-0.4, -0.2) is 41.9 Å². The highest BCUT2D eigenvalue weighted by atomic mass is 35.5. The Morgan fingerprint density at radius 2 is 2.00 bits per heavy atom. The second-order valence-corrected chi connectivity index (χ2v) is 5.15. The monoisotopic (exact) mass is 313 g/mol. The van der Waals surface area contributed by atoms with Crippen LogP contribution >= 0.6 is 12.4 Å². The summed E-state index contributed by atoms with van der Waals surface area (Å²) in [6.45, 7) is 3.60. The zero-order valence-corrected chi connectivity index (χ0v) is 13.0. The molecule has 1 aliphatic rings. The van der Waals surface area contributed by atoms with Crippen LogP contribution in [0.1, 0.15) is 28.8 Å². The number of nitro groups is 1. The van der Waals surface area contributed by atoms with E-state index in [1.807, 2.05) is 0 Å². The third kappa shape index (κ3) is 3.92. The van der Waals surface area contributed by atoms with Crippen molar-refractivity contribution in [2.45, 2.75) is 25.8 Å². The fourth-order valence-electron chi connectivity index (χ4n) is 2.50. The number of hydrogen-bond donors (Lipinski definition) is 1. The molecule has 0 spiro atoms. The highest BCUT2D eigenvalue weighted by Gasteiger charge is 2.24. The van der Waals surface area contributed by atoms with Crippen molar-refractivity contribution in [3.05, 3.63) is 39.4 Å². The molecule has 1 aromatic carbocycles. The lowest BCUT2D eigenvalue weighted by Crippen LogP contribution is -2.44. The molecule has 0 saturated carbocycles. The van der Waals surface area contributed by atoms with Gasteiger partial charge in [-0.05, 0) is 38.4 Å². The molecule has 1 heterocycles. The van der Waals surface area contributed by atoms with E-state index < -0.39 is 4.92 Å². The minimum atomic E-state index is -0.471. The predicted molar refractivity (Wildman–Crippen MR) is 83.1 cm³/mol. The van der Waals surface area contributed by atoms with E-state index in [0.717, 1.165) is 31.5 Å². The van der Waals surface area contributed by atoms with Crippen LogP contribution in [-0.2, 0) is 0 Å². The van der Waals surface area contributed by atoms with Gasteiger partial charge < -0.3 is 10.2 Å². The summed E-state index contributed by atoms with van der Waals surface area (Å²) in [5, 5.41) is 14.1. The van der Waals surface area contributed by atoms with E-state index >= 15 is 0 Å². The minimum Gasteiger partial charge on any atom is -0.339 e. The third-order valence-corrected chi connectivity index (χ3v) is 3.84. The summed E-state index contributed by atoms with van der Waals surface area (Å²) < 4.78 is 0. The van der Waals surface area contributed by atoms with Crippen LogP contribution in [0.15, 0.2) is 18.2 Å². The molecule has 0 aliphatic carbocycles. The van der Waals surface area contributed by atoms with E-state index in [2.05, 4.69) is 5.32 Å². The quantitative estimate of drug-likeness (QED) is 0.685. The number of rotatable bonds is 3. The van der Waals surface area contributed by atoms with Crippen molar-refractivity contribution in [3.63, 3.8) is 0 Å². The Kier molecular flexibility index (Phi) is 6.11. The Morgan fingerprint density at radius 1 is 1.38 bits per heavy atom. The fourth-order valence-corrected chi connectivity index (χ4v) is 2.50. The van der Waals surface area contributed by atoms with E-state index in [9.17, 15) is 14.9 Å². The van der Waals surface area contributed by atoms with E-state index in [4.69, 9.17) is 0 Å². The molecular weight excluding hydrogens is 294 g/mol. The highest BCUT2D eigenvalue weighted by Crippen LogP contribution is 2.21. The van der Waals surface area contributed by atoms with Crippen molar-refractivity contribution in [2.24, 2.45) is 0 Å². The normalized spacial score (nSPS) is 15.1. The molecule has 6 nitrogen and oxygen atoms in total. The summed E-state index contributed by atoms with van der Waals surface area (Å²) in [4.78, 5) is 24.6. The number of benzene rings is 1. The number of hydrogen-bond acceptors (Lipinski definition) is 4. The Hall–Kier alpha value is -1.66. The van der Waals surface area contributed by atoms with Gasteiger partial charge in [0.15, 0.2) is 0 Å². The van der Waals surface area contributed by atoms with Crippen molar-refractivity contribution < 1.29 is 9.72 Å². The Bertz CT molecular complexity index is 530. The lowest BCUT2D eigenvalue weighted by molar-refractivity contribution is -0.384. The largest absolute Gasteiger partial charge is 0.339 e. The van der Waals surface area contributed by atoms with Gasteiger partial charge in [0.1, 0.15) is 0 Å². The zero-order chi connectivity index (χ0) is 14.7. The van der Waals surface area contributed by atoms with Crippen molar-refractivity contribution in [2.75, 3.05) is 20.1 Å². The lowest BCUT2D eigenvalue weighted by atomic mass is 10.0. The van der Waals surface area contributed by atoms with Crippen LogP contribution in [0.25, 0.3) is 0 Å². The first-order valence-electron chi connectivity index (χ1n) is 6.73. The maximum absolute atomic E-state index is 12.5. The van der Waals surface area contributed by atoms with Gasteiger partial charge in [0.25, 0.3) is 11.6 Å². The van der Waals surface area contributed by atoms with Crippen LogP contribution in [0.2, 0.25) is 0 Å². The SMILES string of the molecule is Cc1ccc([N+](=O)[O-])cc1C(=O)N(C)C1CCNCC1.Cl.